The molecule has 62 valence electrons. The molecule has 2 nitrogen and oxygen atoms in total. The van der Waals surface area contributed by atoms with Crippen LogP contribution in [0.4, 0.5) is 0 Å². The Labute approximate surface area is 62.9 Å². The van der Waals surface area contributed by atoms with Crippen molar-refractivity contribution in [3.05, 3.63) is 0 Å². The van der Waals surface area contributed by atoms with Crippen LogP contribution in [-0.2, 0) is 0 Å². The van der Waals surface area contributed by atoms with E-state index < -0.39 is 0 Å². The zero-order valence-corrected chi connectivity index (χ0v) is 7.04. The van der Waals surface area contributed by atoms with Gasteiger partial charge in [0.2, 0.25) is 0 Å². The summed E-state index contributed by atoms with van der Waals surface area (Å²) in [4.78, 5) is 0. The van der Waals surface area contributed by atoms with E-state index in [1.807, 2.05) is 0 Å². The molecule has 0 unspecified atom stereocenters. The first kappa shape index (κ1) is 9.92. The van der Waals surface area contributed by atoms with Crippen molar-refractivity contribution >= 4 is 0 Å². The smallest absolute Gasteiger partial charge is 0.0567 e. The number of hydrogen-bond donors (Lipinski definition) is 2. The summed E-state index contributed by atoms with van der Waals surface area (Å²) in [6.45, 7) is 5.82. The first-order valence-electron chi connectivity index (χ1n) is 3.88. The summed E-state index contributed by atoms with van der Waals surface area (Å²) in [5.74, 6) is 0.508. The molecule has 0 heterocycles. The molecule has 0 bridgehead atoms. The molecule has 0 aliphatic rings. The fourth-order valence-electron chi connectivity index (χ4n) is 1.03. The average Bonchev–Trinajstić information content (AvgIpc) is 1.58. The summed E-state index contributed by atoms with van der Waals surface area (Å²) >= 11 is 0. The van der Waals surface area contributed by atoms with Crippen LogP contribution in [0.5, 0.6) is 0 Å². The Balaban J connectivity index is 3.34. The molecule has 2 heteroatoms. The Morgan fingerprint density at radius 1 is 1.00 bits per heavy atom. The topological polar surface area (TPSA) is 40.5 Å². The van der Waals surface area contributed by atoms with Gasteiger partial charge in [0.25, 0.3) is 0 Å². The van der Waals surface area contributed by atoms with Gasteiger partial charge in [-0.05, 0) is 25.7 Å². The molecule has 0 rings (SSSR count). The molecule has 0 fully saturated rings. The van der Waals surface area contributed by atoms with E-state index in [0.29, 0.717) is 12.3 Å². The second-order valence-corrected chi connectivity index (χ2v) is 3.37. The number of aliphatic hydroxyl groups is 2. The summed E-state index contributed by atoms with van der Waals surface area (Å²) in [6, 6.07) is 0. The summed E-state index contributed by atoms with van der Waals surface area (Å²) in [5, 5.41) is 18.1. The number of hydrogen-bond acceptors (Lipinski definition) is 2. The van der Waals surface area contributed by atoms with E-state index in [1.54, 1.807) is 6.92 Å². The van der Waals surface area contributed by atoms with Gasteiger partial charge in [0, 0.05) is 0 Å². The van der Waals surface area contributed by atoms with Crippen LogP contribution < -0.4 is 0 Å². The predicted octanol–water partition coefficient (Wildman–Crippen LogP) is 1.16. The molecule has 0 amide bonds. The Hall–Kier alpha value is -0.0800. The van der Waals surface area contributed by atoms with Crippen molar-refractivity contribution in [1.29, 1.82) is 0 Å². The van der Waals surface area contributed by atoms with Gasteiger partial charge in [-0.2, -0.15) is 0 Å². The Morgan fingerprint density at radius 2 is 1.50 bits per heavy atom. The van der Waals surface area contributed by atoms with Gasteiger partial charge in [-0.25, -0.2) is 0 Å². The van der Waals surface area contributed by atoms with E-state index >= 15 is 0 Å². The normalized spacial score (nSPS) is 17.4. The lowest BCUT2D eigenvalue weighted by Gasteiger charge is -2.13. The second-order valence-electron chi connectivity index (χ2n) is 3.37. The quantitative estimate of drug-likeness (QED) is 0.625. The molecule has 2 atom stereocenters. The minimum atomic E-state index is -0.381. The van der Waals surface area contributed by atoms with Crippen LogP contribution in [0, 0.1) is 5.92 Å². The lowest BCUT2D eigenvalue weighted by Crippen LogP contribution is -2.16. The number of rotatable bonds is 4. The first-order valence-corrected chi connectivity index (χ1v) is 3.88. The molecular formula is C8H18O2. The molecule has 0 saturated heterocycles. The lowest BCUT2D eigenvalue weighted by atomic mass is 10.0. The van der Waals surface area contributed by atoms with Crippen molar-refractivity contribution in [3.63, 3.8) is 0 Å². The molecule has 0 aliphatic heterocycles. The molecule has 0 aromatic rings. The monoisotopic (exact) mass is 146 g/mol. The fourth-order valence-corrected chi connectivity index (χ4v) is 1.03. The highest BCUT2D eigenvalue weighted by atomic mass is 16.3. The van der Waals surface area contributed by atoms with Crippen molar-refractivity contribution < 1.29 is 10.2 Å². The van der Waals surface area contributed by atoms with E-state index in [0.717, 1.165) is 6.42 Å². The predicted molar refractivity (Wildman–Crippen MR) is 41.8 cm³/mol. The molecule has 0 aromatic heterocycles. The fraction of sp³-hybridized carbons (Fsp3) is 1.00. The van der Waals surface area contributed by atoms with E-state index in [4.69, 9.17) is 5.11 Å². The van der Waals surface area contributed by atoms with Crippen LogP contribution in [0.2, 0.25) is 0 Å². The van der Waals surface area contributed by atoms with Crippen molar-refractivity contribution in [3.8, 4) is 0 Å². The van der Waals surface area contributed by atoms with Crippen LogP contribution in [0.1, 0.15) is 33.6 Å². The van der Waals surface area contributed by atoms with Crippen molar-refractivity contribution in [2.45, 2.75) is 45.8 Å². The van der Waals surface area contributed by atoms with Gasteiger partial charge in [0.1, 0.15) is 0 Å². The van der Waals surface area contributed by atoms with Crippen LogP contribution >= 0.6 is 0 Å². The van der Waals surface area contributed by atoms with E-state index in [9.17, 15) is 5.11 Å². The minimum absolute atomic E-state index is 0.333. The van der Waals surface area contributed by atoms with E-state index in [1.165, 1.54) is 0 Å². The Bertz CT molecular complexity index is 69.3. The minimum Gasteiger partial charge on any atom is -0.393 e. The van der Waals surface area contributed by atoms with Crippen LogP contribution in [0.3, 0.4) is 0 Å². The highest BCUT2D eigenvalue weighted by molar-refractivity contribution is 4.61. The molecule has 0 saturated carbocycles. The van der Waals surface area contributed by atoms with Crippen LogP contribution in [0.25, 0.3) is 0 Å². The third kappa shape index (κ3) is 6.05. The molecule has 0 radical (unpaired) electrons. The van der Waals surface area contributed by atoms with Crippen molar-refractivity contribution in [2.75, 3.05) is 0 Å². The summed E-state index contributed by atoms with van der Waals surface area (Å²) in [6.07, 6.45) is 0.567. The van der Waals surface area contributed by atoms with Crippen molar-refractivity contribution in [1.82, 2.24) is 0 Å². The van der Waals surface area contributed by atoms with Crippen LogP contribution in [0.15, 0.2) is 0 Å². The Morgan fingerprint density at radius 3 is 1.80 bits per heavy atom. The van der Waals surface area contributed by atoms with Gasteiger partial charge in [0.05, 0.1) is 12.2 Å². The highest BCUT2D eigenvalue weighted by Crippen LogP contribution is 2.08. The van der Waals surface area contributed by atoms with Gasteiger partial charge in [0.15, 0.2) is 0 Å². The summed E-state index contributed by atoms with van der Waals surface area (Å²) in [7, 11) is 0. The highest BCUT2D eigenvalue weighted by Gasteiger charge is 2.08. The first-order chi connectivity index (χ1) is 4.52. The molecule has 2 N–H and O–H groups in total. The third-order valence-electron chi connectivity index (χ3n) is 1.36. The van der Waals surface area contributed by atoms with Gasteiger partial charge in [-0.3, -0.25) is 0 Å². The molecular weight excluding hydrogens is 128 g/mol. The van der Waals surface area contributed by atoms with Gasteiger partial charge in [-0.15, -0.1) is 0 Å². The maximum atomic E-state index is 9.23. The van der Waals surface area contributed by atoms with E-state index in [2.05, 4.69) is 13.8 Å². The van der Waals surface area contributed by atoms with Crippen LogP contribution in [-0.4, -0.2) is 22.4 Å². The maximum absolute atomic E-state index is 9.23. The summed E-state index contributed by atoms with van der Waals surface area (Å²) < 4.78 is 0. The SMILES string of the molecule is CC(C)C[C@H](O)C[C@@H](C)O. The van der Waals surface area contributed by atoms with E-state index in [-0.39, 0.29) is 12.2 Å². The number of aliphatic hydroxyl groups excluding tert-OH is 2. The summed E-state index contributed by atoms with van der Waals surface area (Å²) in [5.41, 5.74) is 0. The lowest BCUT2D eigenvalue weighted by molar-refractivity contribution is 0.0772. The van der Waals surface area contributed by atoms with Gasteiger partial charge in [-0.1, -0.05) is 13.8 Å². The molecule has 0 spiro atoms. The Kier molecular flexibility index (Phi) is 4.65. The molecule has 0 aromatic carbocycles. The standard InChI is InChI=1S/C8H18O2/c1-6(2)4-8(10)5-7(3)9/h6-10H,4-5H2,1-3H3/t7-,8+/m1/s1. The maximum Gasteiger partial charge on any atom is 0.0567 e. The zero-order chi connectivity index (χ0) is 8.15. The third-order valence-corrected chi connectivity index (χ3v) is 1.36. The largest absolute Gasteiger partial charge is 0.393 e. The molecule has 0 aliphatic carbocycles. The molecule has 10 heavy (non-hydrogen) atoms. The second kappa shape index (κ2) is 4.69. The zero-order valence-electron chi connectivity index (χ0n) is 7.04. The van der Waals surface area contributed by atoms with Gasteiger partial charge < -0.3 is 10.2 Å². The van der Waals surface area contributed by atoms with Crippen molar-refractivity contribution in [2.24, 2.45) is 5.92 Å². The average molecular weight is 146 g/mol. The van der Waals surface area contributed by atoms with Gasteiger partial charge >= 0.3 is 0 Å².